The van der Waals surface area contributed by atoms with Crippen LogP contribution in [0.5, 0.6) is 0 Å². The van der Waals surface area contributed by atoms with E-state index in [1.807, 2.05) is 0 Å². The largest absolute Gasteiger partial charge is 0.310 e. The van der Waals surface area contributed by atoms with Crippen molar-refractivity contribution >= 4 is 93.8 Å². The summed E-state index contributed by atoms with van der Waals surface area (Å²) in [5.41, 5.74) is 10.7. The van der Waals surface area contributed by atoms with E-state index in [1.54, 1.807) is 0 Å². The molecule has 4 nitrogen and oxygen atoms in total. The van der Waals surface area contributed by atoms with Crippen LogP contribution in [-0.4, -0.2) is 4.40 Å². The average molecular weight is 701 g/mol. The van der Waals surface area contributed by atoms with Crippen molar-refractivity contribution < 1.29 is 0 Å². The van der Waals surface area contributed by atoms with Gasteiger partial charge in [-0.1, -0.05) is 84.9 Å². The monoisotopic (exact) mass is 700 g/mol. The van der Waals surface area contributed by atoms with Gasteiger partial charge in [0.15, 0.2) is 0 Å². The van der Waals surface area contributed by atoms with Crippen LogP contribution in [0, 0.1) is 11.3 Å². The molecule has 0 amide bonds. The van der Waals surface area contributed by atoms with Gasteiger partial charge in [-0.2, -0.15) is 5.26 Å². The van der Waals surface area contributed by atoms with Gasteiger partial charge in [0.2, 0.25) is 0 Å². The van der Waals surface area contributed by atoms with Crippen molar-refractivity contribution in [1.82, 2.24) is 4.40 Å². The number of hydrogen-bond donors (Lipinski definition) is 0. The molecule has 2 heterocycles. The first-order valence-corrected chi connectivity index (χ1v) is 18.6. The lowest BCUT2D eigenvalue weighted by Gasteiger charge is -2.25. The van der Waals surface area contributed by atoms with E-state index in [1.165, 1.54) is 0 Å². The maximum Gasteiger partial charge on any atom is 0.0992 e. The van der Waals surface area contributed by atoms with Crippen LogP contribution in [-0.2, 0) is 0 Å². The molecule has 256 valence electrons. The average Bonchev–Trinajstić information content (AvgIpc) is 3.74. The van der Waals surface area contributed by atoms with E-state index < -0.39 is 0 Å². The summed E-state index contributed by atoms with van der Waals surface area (Å²) in [4.78, 5) is 4.61. The Morgan fingerprint density at radius 1 is 0.345 bits per heavy atom. The molecule has 0 unspecified atom stereocenters. The number of aromatic nitrogens is 1. The zero-order valence-corrected chi connectivity index (χ0v) is 29.8. The predicted molar refractivity (Wildman–Crippen MR) is 230 cm³/mol. The van der Waals surface area contributed by atoms with Gasteiger partial charge in [-0.15, -0.1) is 0 Å². The SMILES string of the molecule is N#Cc1cc2c3cc4ccc(N(c5ccccc5)c5ccccc5)cc4cc3n3c4cc5cc(N(c6ccccc6)c6ccccc6)ccc5cc4c(c1)c23. The van der Waals surface area contributed by atoms with Crippen LogP contribution < -0.4 is 9.80 Å². The normalized spacial score (nSPS) is 11.6. The highest BCUT2D eigenvalue weighted by molar-refractivity contribution is 6.26. The summed E-state index contributed by atoms with van der Waals surface area (Å²) in [5, 5.41) is 19.3. The number of fused-ring (bicyclic) bond motifs is 8. The summed E-state index contributed by atoms with van der Waals surface area (Å²) in [6, 6.07) is 71.4. The van der Waals surface area contributed by atoms with Gasteiger partial charge in [0.25, 0.3) is 0 Å². The summed E-state index contributed by atoms with van der Waals surface area (Å²) in [7, 11) is 0. The van der Waals surface area contributed by atoms with E-state index in [9.17, 15) is 5.26 Å². The van der Waals surface area contributed by atoms with Gasteiger partial charge in [-0.3, -0.25) is 0 Å². The second kappa shape index (κ2) is 12.2. The molecule has 4 heteroatoms. The topological polar surface area (TPSA) is 34.7 Å². The van der Waals surface area contributed by atoms with E-state index in [0.29, 0.717) is 5.56 Å². The van der Waals surface area contributed by atoms with E-state index in [4.69, 9.17) is 0 Å². The molecule has 0 fully saturated rings. The fraction of sp³-hybridized carbons (Fsp3) is 0. The number of rotatable bonds is 6. The number of nitriles is 1. The molecular weight excluding hydrogens is 669 g/mol. The van der Waals surface area contributed by atoms with E-state index in [-0.39, 0.29) is 0 Å². The maximum atomic E-state index is 10.2. The summed E-state index contributed by atoms with van der Waals surface area (Å²) >= 11 is 0. The molecule has 0 aliphatic heterocycles. The Kier molecular flexibility index (Phi) is 6.89. The van der Waals surface area contributed by atoms with Gasteiger partial charge in [-0.05, 0) is 131 Å². The molecule has 0 aliphatic carbocycles. The van der Waals surface area contributed by atoms with Gasteiger partial charge < -0.3 is 14.2 Å². The molecule has 0 radical (unpaired) electrons. The number of benzene rings is 9. The Morgan fingerprint density at radius 3 is 1.09 bits per heavy atom. The first-order valence-electron chi connectivity index (χ1n) is 18.6. The van der Waals surface area contributed by atoms with Crippen LogP contribution in [0.15, 0.2) is 194 Å². The first-order chi connectivity index (χ1) is 27.2. The van der Waals surface area contributed by atoms with Crippen molar-refractivity contribution in [3.05, 3.63) is 200 Å². The number of nitrogens with zero attached hydrogens (tertiary/aromatic N) is 4. The van der Waals surface area contributed by atoms with Crippen molar-refractivity contribution in [1.29, 1.82) is 5.26 Å². The van der Waals surface area contributed by atoms with Crippen LogP contribution in [0.25, 0.3) is 59.6 Å². The Balaban J connectivity index is 1.16. The highest BCUT2D eigenvalue weighted by Gasteiger charge is 2.21. The molecule has 0 aliphatic rings. The van der Waals surface area contributed by atoms with Crippen LogP contribution in [0.2, 0.25) is 0 Å². The van der Waals surface area contributed by atoms with Gasteiger partial charge in [0.05, 0.1) is 28.2 Å². The Labute approximate surface area is 317 Å². The molecule has 0 spiro atoms. The minimum absolute atomic E-state index is 0.669. The summed E-state index contributed by atoms with van der Waals surface area (Å²) in [5.74, 6) is 0. The summed E-state index contributed by atoms with van der Waals surface area (Å²) in [6.07, 6.45) is 0. The standard InChI is InChI=1S/C51H32N4/c52-33-34-25-47-45-29-35-21-23-43(53(39-13-5-1-6-14-39)40-15-7-2-8-16-40)27-37(35)31-49(45)55-50-32-38-28-44(24-22-36(38)30-46(50)48(26-34)51(47)55)54(41-17-9-3-10-18-41)42-19-11-4-12-20-42/h1-32H. The predicted octanol–water partition coefficient (Wildman–Crippen LogP) is 14.0. The van der Waals surface area contributed by atoms with Crippen molar-refractivity contribution in [2.75, 3.05) is 9.80 Å². The molecule has 2 aromatic heterocycles. The third-order valence-electron chi connectivity index (χ3n) is 11.0. The highest BCUT2D eigenvalue weighted by Crippen LogP contribution is 2.44. The fourth-order valence-corrected chi connectivity index (χ4v) is 8.55. The molecule has 0 bridgehead atoms. The zero-order valence-electron chi connectivity index (χ0n) is 29.8. The summed E-state index contributed by atoms with van der Waals surface area (Å²) < 4.78 is 2.42. The minimum atomic E-state index is 0.669. The highest BCUT2D eigenvalue weighted by atomic mass is 15.1. The molecule has 0 saturated carbocycles. The quantitative estimate of drug-likeness (QED) is 0.173. The van der Waals surface area contributed by atoms with Crippen molar-refractivity contribution in [3.8, 4) is 6.07 Å². The van der Waals surface area contributed by atoms with Crippen molar-refractivity contribution in [2.45, 2.75) is 0 Å². The second-order valence-electron chi connectivity index (χ2n) is 14.2. The van der Waals surface area contributed by atoms with Crippen LogP contribution >= 0.6 is 0 Å². The molecule has 0 atom stereocenters. The molecule has 11 aromatic rings. The second-order valence-corrected chi connectivity index (χ2v) is 14.2. The molecule has 55 heavy (non-hydrogen) atoms. The molecule has 11 rings (SSSR count). The zero-order chi connectivity index (χ0) is 36.5. The lowest BCUT2D eigenvalue weighted by molar-refractivity contribution is 1.29. The van der Waals surface area contributed by atoms with Gasteiger partial charge >= 0.3 is 0 Å². The third kappa shape index (κ3) is 4.91. The van der Waals surface area contributed by atoms with Gasteiger partial charge in [-0.25, -0.2) is 0 Å². The summed E-state index contributed by atoms with van der Waals surface area (Å²) in [6.45, 7) is 0. The Morgan fingerprint density at radius 2 is 0.727 bits per heavy atom. The molecule has 9 aromatic carbocycles. The van der Waals surface area contributed by atoms with Crippen molar-refractivity contribution in [2.24, 2.45) is 0 Å². The third-order valence-corrected chi connectivity index (χ3v) is 11.0. The lowest BCUT2D eigenvalue weighted by Crippen LogP contribution is -2.09. The minimum Gasteiger partial charge on any atom is -0.310 e. The van der Waals surface area contributed by atoms with Gasteiger partial charge in [0.1, 0.15) is 0 Å². The number of anilines is 6. The van der Waals surface area contributed by atoms with Crippen LogP contribution in [0.3, 0.4) is 0 Å². The fourth-order valence-electron chi connectivity index (χ4n) is 8.55. The molecule has 0 saturated heterocycles. The van der Waals surface area contributed by atoms with Crippen molar-refractivity contribution in [3.63, 3.8) is 0 Å². The maximum absolute atomic E-state index is 10.2. The lowest BCUT2D eigenvalue weighted by atomic mass is 10.0. The Hall–Kier alpha value is -7.61. The molecule has 0 N–H and O–H groups in total. The first kappa shape index (κ1) is 31.0. The smallest absolute Gasteiger partial charge is 0.0992 e. The van der Waals surface area contributed by atoms with Crippen LogP contribution in [0.4, 0.5) is 34.1 Å². The van der Waals surface area contributed by atoms with E-state index in [0.717, 1.165) is 93.8 Å². The van der Waals surface area contributed by atoms with Gasteiger partial charge in [0, 0.05) is 55.7 Å². The van der Waals surface area contributed by atoms with E-state index >= 15 is 0 Å². The number of para-hydroxylation sites is 4. The van der Waals surface area contributed by atoms with Crippen LogP contribution in [0.1, 0.15) is 5.56 Å². The Bertz CT molecular complexity index is 2970. The number of hydrogen-bond acceptors (Lipinski definition) is 3. The molecular formula is C51H32N4. The van der Waals surface area contributed by atoms with E-state index in [2.05, 4.69) is 214 Å².